The minimum absolute atomic E-state index is 0.211. The number of amides is 1. The molecule has 0 saturated heterocycles. The molecular weight excluding hydrogens is 352 g/mol. The molecule has 0 fully saturated rings. The summed E-state index contributed by atoms with van der Waals surface area (Å²) < 4.78 is 12.1. The van der Waals surface area contributed by atoms with E-state index in [2.05, 4.69) is 26.2 Å². The lowest BCUT2D eigenvalue weighted by Crippen LogP contribution is -2.31. The molecule has 0 spiro atoms. The molecule has 0 bridgehead atoms. The molecule has 1 aromatic heterocycles. The number of nitrogens with zero attached hydrogens (tertiary/aromatic N) is 1. The second kappa shape index (κ2) is 7.47. The first-order valence-corrected chi connectivity index (χ1v) is 8.85. The van der Waals surface area contributed by atoms with Crippen molar-refractivity contribution in [1.29, 1.82) is 0 Å². The Morgan fingerprint density at radius 1 is 1.33 bits per heavy atom. The fourth-order valence-electron chi connectivity index (χ4n) is 1.93. The van der Waals surface area contributed by atoms with Crippen LogP contribution >= 0.6 is 15.9 Å². The topological polar surface area (TPSA) is 59.1 Å². The maximum atomic E-state index is 12.3. The van der Waals surface area contributed by atoms with Crippen molar-refractivity contribution in [1.82, 2.24) is 10.3 Å². The number of rotatable bonds is 5. The summed E-state index contributed by atoms with van der Waals surface area (Å²) in [7, 11) is -1.01. The number of carbonyl (C=O) groups is 1. The van der Waals surface area contributed by atoms with Gasteiger partial charge in [-0.15, -0.1) is 0 Å². The molecule has 0 aliphatic carbocycles. The highest BCUT2D eigenvalue weighted by Gasteiger charge is 2.17. The molecule has 21 heavy (non-hydrogen) atoms. The lowest BCUT2D eigenvalue weighted by Gasteiger charge is -2.18. The van der Waals surface area contributed by atoms with Crippen molar-refractivity contribution in [3.05, 3.63) is 64.4 Å². The first kappa shape index (κ1) is 15.9. The van der Waals surface area contributed by atoms with E-state index in [0.29, 0.717) is 15.9 Å². The molecule has 2 atom stereocenters. The van der Waals surface area contributed by atoms with Gasteiger partial charge in [-0.3, -0.25) is 9.00 Å². The number of benzene rings is 1. The molecule has 0 saturated carbocycles. The van der Waals surface area contributed by atoms with E-state index in [0.717, 1.165) is 5.56 Å². The third-order valence-electron chi connectivity index (χ3n) is 2.90. The number of halogens is 1. The normalized spacial score (nSPS) is 13.4. The minimum Gasteiger partial charge on any atom is -0.344 e. The van der Waals surface area contributed by atoms with Gasteiger partial charge in [-0.05, 0) is 33.6 Å². The van der Waals surface area contributed by atoms with Crippen LogP contribution in [0.15, 0.2) is 53.3 Å². The molecule has 0 radical (unpaired) electrons. The third-order valence-corrected chi connectivity index (χ3v) is 4.13. The second-order valence-corrected chi connectivity index (χ2v) is 6.84. The molecule has 1 aromatic carbocycles. The van der Waals surface area contributed by atoms with E-state index in [1.165, 1.54) is 0 Å². The van der Waals surface area contributed by atoms with Crippen molar-refractivity contribution < 1.29 is 9.00 Å². The highest BCUT2D eigenvalue weighted by Crippen LogP contribution is 2.15. The minimum atomic E-state index is -1.01. The molecule has 1 heterocycles. The van der Waals surface area contributed by atoms with Crippen molar-refractivity contribution in [2.24, 2.45) is 0 Å². The highest BCUT2D eigenvalue weighted by molar-refractivity contribution is 9.10. The van der Waals surface area contributed by atoms with E-state index in [9.17, 15) is 9.00 Å². The Bertz CT molecular complexity index is 649. The Morgan fingerprint density at radius 2 is 2.05 bits per heavy atom. The van der Waals surface area contributed by atoms with Gasteiger partial charge in [0.1, 0.15) is 4.60 Å². The summed E-state index contributed by atoms with van der Waals surface area (Å²) in [5, 5.41) is 2.93. The van der Waals surface area contributed by atoms with Crippen LogP contribution < -0.4 is 5.32 Å². The van der Waals surface area contributed by atoms with Gasteiger partial charge >= 0.3 is 0 Å². The molecule has 110 valence electrons. The van der Waals surface area contributed by atoms with Crippen molar-refractivity contribution >= 4 is 32.6 Å². The van der Waals surface area contributed by atoms with Gasteiger partial charge in [-0.25, -0.2) is 4.98 Å². The van der Waals surface area contributed by atoms with E-state index in [4.69, 9.17) is 0 Å². The van der Waals surface area contributed by atoms with Gasteiger partial charge < -0.3 is 5.32 Å². The Morgan fingerprint density at radius 3 is 2.67 bits per heavy atom. The summed E-state index contributed by atoms with van der Waals surface area (Å²) >= 11 is 3.24. The predicted octanol–water partition coefficient (Wildman–Crippen LogP) is 2.69. The average Bonchev–Trinajstić information content (AvgIpc) is 2.47. The van der Waals surface area contributed by atoms with Crippen molar-refractivity contribution in [3.8, 4) is 0 Å². The average molecular weight is 367 g/mol. The second-order valence-electron chi connectivity index (χ2n) is 4.54. The van der Waals surface area contributed by atoms with Crippen LogP contribution in [0, 0.1) is 0 Å². The Labute approximate surface area is 134 Å². The van der Waals surface area contributed by atoms with E-state index in [-0.39, 0.29) is 11.9 Å². The van der Waals surface area contributed by atoms with Gasteiger partial charge in [0.25, 0.3) is 5.91 Å². The molecule has 1 N–H and O–H groups in total. The van der Waals surface area contributed by atoms with Crippen LogP contribution in [0.3, 0.4) is 0 Å². The summed E-state index contributed by atoms with van der Waals surface area (Å²) in [5.74, 6) is 0.166. The smallest absolute Gasteiger partial charge is 0.251 e. The molecule has 1 amide bonds. The van der Waals surface area contributed by atoms with Gasteiger partial charge in [0.05, 0.1) is 6.04 Å². The summed E-state index contributed by atoms with van der Waals surface area (Å²) in [6.45, 7) is 0. The summed E-state index contributed by atoms with van der Waals surface area (Å²) in [6.07, 6.45) is 3.19. The number of nitrogens with one attached hydrogen (secondary N) is 1. The zero-order valence-electron chi connectivity index (χ0n) is 11.5. The number of hydrogen-bond acceptors (Lipinski definition) is 3. The molecule has 0 unspecified atom stereocenters. The summed E-state index contributed by atoms with van der Waals surface area (Å²) in [6, 6.07) is 12.6. The van der Waals surface area contributed by atoms with Crippen LogP contribution in [-0.4, -0.2) is 27.1 Å². The third kappa shape index (κ3) is 4.75. The van der Waals surface area contributed by atoms with E-state index in [1.807, 2.05) is 30.3 Å². The van der Waals surface area contributed by atoms with Gasteiger partial charge in [0.2, 0.25) is 0 Å². The molecule has 2 rings (SSSR count). The molecular formula is C15H15BrN2O2S. The number of carbonyl (C=O) groups excluding carboxylic acids is 1. The van der Waals surface area contributed by atoms with Gasteiger partial charge in [-0.1, -0.05) is 30.3 Å². The van der Waals surface area contributed by atoms with Crippen molar-refractivity contribution in [3.63, 3.8) is 0 Å². The Balaban J connectivity index is 2.19. The molecule has 0 aliphatic rings. The van der Waals surface area contributed by atoms with Gasteiger partial charge in [-0.2, -0.15) is 0 Å². The van der Waals surface area contributed by atoms with E-state index < -0.39 is 10.8 Å². The van der Waals surface area contributed by atoms with E-state index in [1.54, 1.807) is 24.6 Å². The first-order chi connectivity index (χ1) is 10.1. The van der Waals surface area contributed by atoms with Crippen molar-refractivity contribution in [2.45, 2.75) is 6.04 Å². The summed E-state index contributed by atoms with van der Waals surface area (Å²) in [5.41, 5.74) is 1.45. The highest BCUT2D eigenvalue weighted by atomic mass is 79.9. The fraction of sp³-hybridized carbons (Fsp3) is 0.200. The molecule has 4 nitrogen and oxygen atoms in total. The van der Waals surface area contributed by atoms with Crippen LogP contribution in [0.1, 0.15) is 22.0 Å². The van der Waals surface area contributed by atoms with Crippen LogP contribution in [0.4, 0.5) is 0 Å². The first-order valence-electron chi connectivity index (χ1n) is 6.33. The SMILES string of the molecule is C[S@](=O)C[C@H](NC(=O)c1ccnc(Br)c1)c1ccccc1. The van der Waals surface area contributed by atoms with Gasteiger partial charge in [0, 0.05) is 34.6 Å². The maximum absolute atomic E-state index is 12.3. The Hall–Kier alpha value is -1.53. The number of hydrogen-bond donors (Lipinski definition) is 1. The molecule has 6 heteroatoms. The fourth-order valence-corrected chi connectivity index (χ4v) is 3.04. The van der Waals surface area contributed by atoms with Crippen LogP contribution in [0.5, 0.6) is 0 Å². The monoisotopic (exact) mass is 366 g/mol. The maximum Gasteiger partial charge on any atom is 0.251 e. The standard InChI is InChI=1S/C15H15BrN2O2S/c1-21(20)10-13(11-5-3-2-4-6-11)18-15(19)12-7-8-17-14(16)9-12/h2-9,13H,10H2,1H3,(H,18,19)/t13-,21-/m0/s1. The zero-order valence-corrected chi connectivity index (χ0v) is 13.9. The largest absolute Gasteiger partial charge is 0.344 e. The Kier molecular flexibility index (Phi) is 5.64. The lowest BCUT2D eigenvalue weighted by atomic mass is 10.1. The van der Waals surface area contributed by atoms with Crippen LogP contribution in [-0.2, 0) is 10.8 Å². The van der Waals surface area contributed by atoms with Crippen LogP contribution in [0.2, 0.25) is 0 Å². The predicted molar refractivity (Wildman–Crippen MR) is 87.5 cm³/mol. The number of aromatic nitrogens is 1. The molecule has 2 aromatic rings. The van der Waals surface area contributed by atoms with Crippen LogP contribution in [0.25, 0.3) is 0 Å². The van der Waals surface area contributed by atoms with E-state index >= 15 is 0 Å². The zero-order chi connectivity index (χ0) is 15.2. The van der Waals surface area contributed by atoms with Crippen molar-refractivity contribution in [2.75, 3.05) is 12.0 Å². The lowest BCUT2D eigenvalue weighted by molar-refractivity contribution is 0.0940. The molecule has 0 aliphatic heterocycles. The van der Waals surface area contributed by atoms with Gasteiger partial charge in [0.15, 0.2) is 0 Å². The quantitative estimate of drug-likeness (QED) is 0.827. The number of pyridine rings is 1. The summed E-state index contributed by atoms with van der Waals surface area (Å²) in [4.78, 5) is 16.3.